The van der Waals surface area contributed by atoms with Gasteiger partial charge in [-0.1, -0.05) is 0 Å². The van der Waals surface area contributed by atoms with E-state index in [1.165, 1.54) is 30.6 Å². The summed E-state index contributed by atoms with van der Waals surface area (Å²) in [4.78, 5) is 16.1. The summed E-state index contributed by atoms with van der Waals surface area (Å²) in [5.74, 6) is -1.48. The molecule has 0 saturated carbocycles. The highest BCUT2D eigenvalue weighted by atomic mass is 19.4. The van der Waals surface area contributed by atoms with Crippen LogP contribution in [0.5, 0.6) is 17.4 Å². The molecule has 2 aromatic heterocycles. The Balaban J connectivity index is 1.90. The summed E-state index contributed by atoms with van der Waals surface area (Å²) >= 11 is 0. The summed E-state index contributed by atoms with van der Waals surface area (Å²) in [5, 5.41) is 9.44. The van der Waals surface area contributed by atoms with Gasteiger partial charge in [0.2, 0.25) is 5.88 Å². The number of amides is 1. The molecule has 30 heavy (non-hydrogen) atoms. The van der Waals surface area contributed by atoms with Crippen LogP contribution in [-0.4, -0.2) is 27.7 Å². The molecule has 0 unspecified atom stereocenters. The Morgan fingerprint density at radius 1 is 1.00 bits per heavy atom. The van der Waals surface area contributed by atoms with Gasteiger partial charge in [0.05, 0.1) is 23.6 Å². The van der Waals surface area contributed by atoms with Crippen molar-refractivity contribution in [2.75, 3.05) is 5.32 Å². The minimum atomic E-state index is -4.74. The Kier molecular flexibility index (Phi) is 6.04. The van der Waals surface area contributed by atoms with Crippen molar-refractivity contribution in [3.63, 3.8) is 0 Å². The number of carbonyl (C=O) groups is 1. The molecule has 0 bridgehead atoms. The highest BCUT2D eigenvalue weighted by Crippen LogP contribution is 2.33. The molecule has 3 aromatic rings. The van der Waals surface area contributed by atoms with Crippen molar-refractivity contribution >= 4 is 11.6 Å². The van der Waals surface area contributed by atoms with Crippen LogP contribution in [0, 0.1) is 0 Å². The van der Waals surface area contributed by atoms with Crippen molar-refractivity contribution in [1.82, 2.24) is 15.2 Å². The van der Waals surface area contributed by atoms with Crippen molar-refractivity contribution in [2.45, 2.75) is 12.8 Å². The third-order valence-electron chi connectivity index (χ3n) is 3.53. The number of carbonyl (C=O) groups excluding carboxylic acids is 1. The smallest absolute Gasteiger partial charge is 0.417 e. The fourth-order valence-electron chi connectivity index (χ4n) is 2.22. The molecule has 0 spiro atoms. The van der Waals surface area contributed by atoms with Gasteiger partial charge in [-0.3, -0.25) is 4.79 Å². The van der Waals surface area contributed by atoms with Crippen LogP contribution in [0.15, 0.2) is 55.0 Å². The molecular formula is C18H11F5N4O3. The summed E-state index contributed by atoms with van der Waals surface area (Å²) in [6.45, 7) is -3.02. The van der Waals surface area contributed by atoms with E-state index in [-0.39, 0.29) is 17.2 Å². The van der Waals surface area contributed by atoms with Crippen LogP contribution < -0.4 is 14.8 Å². The van der Waals surface area contributed by atoms with Crippen molar-refractivity contribution in [1.29, 1.82) is 0 Å². The van der Waals surface area contributed by atoms with Gasteiger partial charge >= 0.3 is 12.8 Å². The minimum Gasteiger partial charge on any atom is -0.438 e. The SMILES string of the molecule is O=C(Nc1ccnnc1)c1cc(C(F)(F)F)cnc1Oc1ccc(OC(F)F)cc1. The van der Waals surface area contributed by atoms with Gasteiger partial charge in [-0.15, -0.1) is 0 Å². The van der Waals surface area contributed by atoms with Gasteiger partial charge in [-0.05, 0) is 36.4 Å². The van der Waals surface area contributed by atoms with Crippen LogP contribution in [-0.2, 0) is 6.18 Å². The van der Waals surface area contributed by atoms with Crippen LogP contribution in [0.25, 0.3) is 0 Å². The number of halogens is 5. The zero-order chi connectivity index (χ0) is 21.7. The lowest BCUT2D eigenvalue weighted by Gasteiger charge is -2.13. The van der Waals surface area contributed by atoms with Gasteiger partial charge in [0.15, 0.2) is 0 Å². The predicted octanol–water partition coefficient (Wildman–Crippen LogP) is 4.54. The third-order valence-corrected chi connectivity index (χ3v) is 3.53. The van der Waals surface area contributed by atoms with E-state index in [2.05, 4.69) is 25.2 Å². The maximum absolute atomic E-state index is 13.1. The number of nitrogens with one attached hydrogen (secondary N) is 1. The number of ether oxygens (including phenoxy) is 2. The van der Waals surface area contributed by atoms with E-state index in [4.69, 9.17) is 4.74 Å². The Bertz CT molecular complexity index is 1010. The van der Waals surface area contributed by atoms with Crippen LogP contribution in [0.1, 0.15) is 15.9 Å². The van der Waals surface area contributed by atoms with Gasteiger partial charge in [0.1, 0.15) is 17.1 Å². The number of aromatic nitrogens is 3. The normalized spacial score (nSPS) is 11.3. The van der Waals surface area contributed by atoms with Gasteiger partial charge in [0.25, 0.3) is 5.91 Å². The molecule has 1 aromatic carbocycles. The van der Waals surface area contributed by atoms with E-state index < -0.39 is 35.7 Å². The average Bonchev–Trinajstić information content (AvgIpc) is 2.69. The Morgan fingerprint density at radius 2 is 1.70 bits per heavy atom. The first-order chi connectivity index (χ1) is 14.2. The Morgan fingerprint density at radius 3 is 2.30 bits per heavy atom. The highest BCUT2D eigenvalue weighted by molar-refractivity contribution is 6.05. The molecule has 0 aliphatic heterocycles. The Labute approximate surface area is 165 Å². The first kappa shape index (κ1) is 20.9. The molecule has 12 heteroatoms. The van der Waals surface area contributed by atoms with Gasteiger partial charge < -0.3 is 14.8 Å². The van der Waals surface area contributed by atoms with Gasteiger partial charge in [-0.25, -0.2) is 4.98 Å². The Hall–Kier alpha value is -3.83. The van der Waals surface area contributed by atoms with Crippen LogP contribution >= 0.6 is 0 Å². The summed E-state index contributed by atoms with van der Waals surface area (Å²) < 4.78 is 73.2. The van der Waals surface area contributed by atoms with Crippen LogP contribution in [0.3, 0.4) is 0 Å². The summed E-state index contributed by atoms with van der Waals surface area (Å²) in [5.41, 5.74) is -1.48. The lowest BCUT2D eigenvalue weighted by atomic mass is 10.1. The lowest BCUT2D eigenvalue weighted by Crippen LogP contribution is -2.16. The van der Waals surface area contributed by atoms with Gasteiger partial charge in [0, 0.05) is 6.20 Å². The molecular weight excluding hydrogens is 415 g/mol. The molecule has 0 saturated heterocycles. The topological polar surface area (TPSA) is 86.2 Å². The molecule has 156 valence electrons. The number of alkyl halides is 5. The van der Waals surface area contributed by atoms with Crippen molar-refractivity contribution in [3.8, 4) is 17.4 Å². The first-order valence-electron chi connectivity index (χ1n) is 8.10. The van der Waals surface area contributed by atoms with Crippen LogP contribution in [0.2, 0.25) is 0 Å². The fraction of sp³-hybridized carbons (Fsp3) is 0.111. The van der Waals surface area contributed by atoms with Crippen molar-refractivity contribution in [2.24, 2.45) is 0 Å². The average molecular weight is 426 g/mol. The van der Waals surface area contributed by atoms with Crippen molar-refractivity contribution < 1.29 is 36.2 Å². The number of rotatable bonds is 6. The molecule has 0 radical (unpaired) electrons. The molecule has 7 nitrogen and oxygen atoms in total. The second-order valence-corrected chi connectivity index (χ2v) is 5.61. The monoisotopic (exact) mass is 426 g/mol. The molecule has 1 N–H and O–H groups in total. The third kappa shape index (κ3) is 5.37. The maximum atomic E-state index is 13.1. The van der Waals surface area contributed by atoms with E-state index in [0.29, 0.717) is 12.3 Å². The number of anilines is 1. The molecule has 0 aliphatic rings. The van der Waals surface area contributed by atoms with E-state index in [0.717, 1.165) is 12.1 Å². The maximum Gasteiger partial charge on any atom is 0.417 e. The number of hydrogen-bond donors (Lipinski definition) is 1. The van der Waals surface area contributed by atoms with E-state index >= 15 is 0 Å². The lowest BCUT2D eigenvalue weighted by molar-refractivity contribution is -0.137. The molecule has 0 aliphatic carbocycles. The first-order valence-corrected chi connectivity index (χ1v) is 8.10. The van der Waals surface area contributed by atoms with E-state index in [1.807, 2.05) is 0 Å². The zero-order valence-electron chi connectivity index (χ0n) is 14.7. The largest absolute Gasteiger partial charge is 0.438 e. The van der Waals surface area contributed by atoms with E-state index in [9.17, 15) is 26.7 Å². The quantitative estimate of drug-likeness (QED) is 0.583. The number of benzene rings is 1. The predicted molar refractivity (Wildman–Crippen MR) is 92.4 cm³/mol. The van der Waals surface area contributed by atoms with Gasteiger partial charge in [-0.2, -0.15) is 32.1 Å². The minimum absolute atomic E-state index is 0.0310. The molecule has 3 rings (SSSR count). The fourth-order valence-corrected chi connectivity index (χ4v) is 2.22. The number of nitrogens with zero attached hydrogens (tertiary/aromatic N) is 3. The van der Waals surface area contributed by atoms with E-state index in [1.54, 1.807) is 0 Å². The van der Waals surface area contributed by atoms with Crippen molar-refractivity contribution in [3.05, 3.63) is 66.1 Å². The molecule has 0 fully saturated rings. The summed E-state index contributed by atoms with van der Waals surface area (Å²) in [7, 11) is 0. The molecule has 1 amide bonds. The standard InChI is InChI=1S/C18H11F5N4O3/c19-17(20)30-13-3-1-12(2-4-13)29-16-14(7-10(8-24-16)18(21,22)23)15(28)27-11-5-6-25-26-9-11/h1-9,17H,(H,25,27,28). The second-order valence-electron chi connectivity index (χ2n) is 5.61. The molecule has 2 heterocycles. The molecule has 0 atom stereocenters. The highest BCUT2D eigenvalue weighted by Gasteiger charge is 2.33. The zero-order valence-corrected chi connectivity index (χ0v) is 14.7. The number of hydrogen-bond acceptors (Lipinski definition) is 6. The second kappa shape index (κ2) is 8.68. The van der Waals surface area contributed by atoms with Crippen LogP contribution in [0.4, 0.5) is 27.6 Å². The summed E-state index contributed by atoms with van der Waals surface area (Å²) in [6.07, 6.45) is -1.76. The number of pyridine rings is 1. The summed E-state index contributed by atoms with van der Waals surface area (Å²) in [6, 6.07) is 6.74.